The van der Waals surface area contributed by atoms with Crippen molar-refractivity contribution in [2.75, 3.05) is 0 Å². The fourth-order valence-corrected chi connectivity index (χ4v) is 1.89. The minimum Gasteiger partial charge on any atom is -0.478 e. The fraction of sp³-hybridized carbons (Fsp3) is 0. The van der Waals surface area contributed by atoms with E-state index in [0.29, 0.717) is 10.9 Å². The van der Waals surface area contributed by atoms with Gasteiger partial charge in [-0.25, -0.2) is 4.79 Å². The minimum atomic E-state index is -0.926. The van der Waals surface area contributed by atoms with Crippen molar-refractivity contribution in [1.82, 2.24) is 10.2 Å². The minimum absolute atomic E-state index is 0.288. The van der Waals surface area contributed by atoms with Gasteiger partial charge in [-0.15, -0.1) is 0 Å². The summed E-state index contributed by atoms with van der Waals surface area (Å²) < 4.78 is 0.755. The molecular formula is C8H5IN2O2. The molecule has 0 unspecified atom stereocenters. The van der Waals surface area contributed by atoms with Gasteiger partial charge in [0.25, 0.3) is 0 Å². The van der Waals surface area contributed by atoms with Crippen LogP contribution in [0, 0.1) is 3.70 Å². The van der Waals surface area contributed by atoms with Crippen LogP contribution in [0.2, 0.25) is 0 Å². The number of carboxylic acids is 1. The van der Waals surface area contributed by atoms with E-state index in [4.69, 9.17) is 5.11 Å². The van der Waals surface area contributed by atoms with Crippen LogP contribution in [0.3, 0.4) is 0 Å². The third kappa shape index (κ3) is 1.28. The molecule has 13 heavy (non-hydrogen) atoms. The highest BCUT2D eigenvalue weighted by Crippen LogP contribution is 2.21. The third-order valence-electron chi connectivity index (χ3n) is 1.77. The van der Waals surface area contributed by atoms with Crippen molar-refractivity contribution in [1.29, 1.82) is 0 Å². The number of hydrogen-bond acceptors (Lipinski definition) is 2. The van der Waals surface area contributed by atoms with Crippen LogP contribution < -0.4 is 0 Å². The first kappa shape index (κ1) is 8.49. The fourth-order valence-electron chi connectivity index (χ4n) is 1.21. The zero-order chi connectivity index (χ0) is 9.42. The lowest BCUT2D eigenvalue weighted by Crippen LogP contribution is -1.96. The number of carbonyl (C=O) groups is 1. The number of hydrogen-bond donors (Lipinski definition) is 2. The molecule has 0 aliphatic carbocycles. The second-order valence-electron chi connectivity index (χ2n) is 2.54. The number of rotatable bonds is 1. The van der Waals surface area contributed by atoms with Crippen molar-refractivity contribution in [3.8, 4) is 0 Å². The number of fused-ring (bicyclic) bond motifs is 1. The number of H-pyrrole nitrogens is 1. The Morgan fingerprint density at radius 2 is 2.31 bits per heavy atom. The van der Waals surface area contributed by atoms with Crippen molar-refractivity contribution in [3.05, 3.63) is 27.5 Å². The summed E-state index contributed by atoms with van der Waals surface area (Å²) in [5.41, 5.74) is 0.972. The van der Waals surface area contributed by atoms with Gasteiger partial charge in [-0.1, -0.05) is 6.07 Å². The molecule has 4 nitrogen and oxygen atoms in total. The van der Waals surface area contributed by atoms with Crippen LogP contribution in [0.4, 0.5) is 0 Å². The molecule has 0 aliphatic heterocycles. The van der Waals surface area contributed by atoms with Crippen molar-refractivity contribution in [2.45, 2.75) is 0 Å². The molecule has 0 saturated heterocycles. The maximum atomic E-state index is 10.8. The van der Waals surface area contributed by atoms with Gasteiger partial charge in [-0.3, -0.25) is 5.10 Å². The van der Waals surface area contributed by atoms with Gasteiger partial charge in [-0.2, -0.15) is 5.10 Å². The smallest absolute Gasteiger partial charge is 0.336 e. The number of aromatic nitrogens is 2. The van der Waals surface area contributed by atoms with Crippen LogP contribution in [0.15, 0.2) is 18.2 Å². The Morgan fingerprint density at radius 3 is 3.00 bits per heavy atom. The molecule has 2 rings (SSSR count). The van der Waals surface area contributed by atoms with Crippen molar-refractivity contribution < 1.29 is 9.90 Å². The summed E-state index contributed by atoms with van der Waals surface area (Å²) in [5, 5.41) is 16.3. The topological polar surface area (TPSA) is 66.0 Å². The summed E-state index contributed by atoms with van der Waals surface area (Å²) >= 11 is 2.03. The Hall–Kier alpha value is -1.11. The highest BCUT2D eigenvalue weighted by molar-refractivity contribution is 14.1. The highest BCUT2D eigenvalue weighted by Gasteiger charge is 2.12. The number of nitrogens with one attached hydrogen (secondary N) is 1. The van der Waals surface area contributed by atoms with E-state index in [1.165, 1.54) is 0 Å². The molecule has 0 atom stereocenters. The molecule has 1 heterocycles. The molecule has 2 aromatic rings. The quantitative estimate of drug-likeness (QED) is 0.787. The van der Waals surface area contributed by atoms with Crippen molar-refractivity contribution in [3.63, 3.8) is 0 Å². The molecule has 2 N–H and O–H groups in total. The van der Waals surface area contributed by atoms with Crippen LogP contribution in [0.5, 0.6) is 0 Å². The lowest BCUT2D eigenvalue weighted by molar-refractivity contribution is 0.0699. The number of benzene rings is 1. The monoisotopic (exact) mass is 288 g/mol. The van der Waals surface area contributed by atoms with Gasteiger partial charge in [0, 0.05) is 5.39 Å². The van der Waals surface area contributed by atoms with Crippen LogP contribution in [0.25, 0.3) is 10.9 Å². The number of aromatic amines is 1. The lowest BCUT2D eigenvalue weighted by atomic mass is 10.1. The molecule has 1 aromatic carbocycles. The molecule has 5 heteroatoms. The van der Waals surface area contributed by atoms with Crippen LogP contribution in [-0.4, -0.2) is 21.3 Å². The first-order chi connectivity index (χ1) is 6.20. The zero-order valence-corrected chi connectivity index (χ0v) is 8.57. The highest BCUT2D eigenvalue weighted by atomic mass is 127. The molecule has 0 spiro atoms. The van der Waals surface area contributed by atoms with Crippen LogP contribution in [-0.2, 0) is 0 Å². The number of nitrogens with zero attached hydrogens (tertiary/aromatic N) is 1. The molecule has 66 valence electrons. The molecular weight excluding hydrogens is 283 g/mol. The second kappa shape index (κ2) is 2.99. The number of aromatic carboxylic acids is 1. The van der Waals surface area contributed by atoms with E-state index in [0.717, 1.165) is 3.70 Å². The van der Waals surface area contributed by atoms with Gasteiger partial charge >= 0.3 is 5.97 Å². The Balaban J connectivity index is 2.88. The largest absolute Gasteiger partial charge is 0.478 e. The predicted molar refractivity (Wildman–Crippen MR) is 55.8 cm³/mol. The van der Waals surface area contributed by atoms with E-state index in [1.54, 1.807) is 18.2 Å². The van der Waals surface area contributed by atoms with E-state index >= 15 is 0 Å². The van der Waals surface area contributed by atoms with Gasteiger partial charge in [0.05, 0.1) is 11.1 Å². The van der Waals surface area contributed by atoms with E-state index in [1.807, 2.05) is 22.6 Å². The second-order valence-corrected chi connectivity index (χ2v) is 3.62. The molecule has 0 aliphatic rings. The summed E-state index contributed by atoms with van der Waals surface area (Å²) in [5.74, 6) is -0.926. The average molecular weight is 288 g/mol. The van der Waals surface area contributed by atoms with Gasteiger partial charge < -0.3 is 5.11 Å². The Kier molecular flexibility index (Phi) is 1.95. The Bertz CT molecular complexity index is 478. The summed E-state index contributed by atoms with van der Waals surface area (Å²) in [6.45, 7) is 0. The molecule has 0 fully saturated rings. The van der Waals surface area contributed by atoms with Crippen molar-refractivity contribution in [2.24, 2.45) is 0 Å². The zero-order valence-electron chi connectivity index (χ0n) is 6.41. The van der Waals surface area contributed by atoms with E-state index in [2.05, 4.69) is 10.2 Å². The maximum Gasteiger partial charge on any atom is 0.336 e. The van der Waals surface area contributed by atoms with Crippen LogP contribution >= 0.6 is 22.6 Å². The maximum absolute atomic E-state index is 10.8. The van der Waals surface area contributed by atoms with E-state index in [-0.39, 0.29) is 5.56 Å². The standard InChI is InChI=1S/C8H5IN2O2/c9-7-6-4(8(12)13)2-1-3-5(6)10-11-7/h1-3H,(H,10,11)(H,12,13). The number of carboxylic acid groups (broad SMARTS) is 1. The summed E-state index contributed by atoms with van der Waals surface area (Å²) in [6, 6.07) is 5.03. The third-order valence-corrected chi connectivity index (χ3v) is 2.55. The summed E-state index contributed by atoms with van der Waals surface area (Å²) in [7, 11) is 0. The SMILES string of the molecule is O=C(O)c1cccc2n[nH]c(I)c12. The molecule has 0 bridgehead atoms. The van der Waals surface area contributed by atoms with Crippen molar-refractivity contribution >= 4 is 39.5 Å². The Morgan fingerprint density at radius 1 is 1.54 bits per heavy atom. The Labute approximate surface area is 87.1 Å². The van der Waals surface area contributed by atoms with Crippen LogP contribution in [0.1, 0.15) is 10.4 Å². The average Bonchev–Trinajstić information content (AvgIpc) is 2.48. The van der Waals surface area contributed by atoms with Gasteiger partial charge in [-0.05, 0) is 34.7 Å². The molecule has 0 saturated carbocycles. The molecule has 0 radical (unpaired) electrons. The summed E-state index contributed by atoms with van der Waals surface area (Å²) in [4.78, 5) is 10.8. The van der Waals surface area contributed by atoms with Gasteiger partial charge in [0.15, 0.2) is 0 Å². The van der Waals surface area contributed by atoms with Gasteiger partial charge in [0.2, 0.25) is 0 Å². The van der Waals surface area contributed by atoms with E-state index in [9.17, 15) is 4.79 Å². The molecule has 1 aromatic heterocycles. The lowest BCUT2D eigenvalue weighted by Gasteiger charge is -1.95. The first-order valence-electron chi connectivity index (χ1n) is 3.56. The molecule has 0 amide bonds. The van der Waals surface area contributed by atoms with Gasteiger partial charge in [0.1, 0.15) is 3.70 Å². The van der Waals surface area contributed by atoms with E-state index < -0.39 is 5.97 Å². The predicted octanol–water partition coefficient (Wildman–Crippen LogP) is 1.87. The first-order valence-corrected chi connectivity index (χ1v) is 4.64. The normalized spacial score (nSPS) is 10.5. The summed E-state index contributed by atoms with van der Waals surface area (Å²) in [6.07, 6.45) is 0. The number of halogens is 1.